The summed E-state index contributed by atoms with van der Waals surface area (Å²) < 4.78 is 5.64. The second kappa shape index (κ2) is 4.01. The van der Waals surface area contributed by atoms with Gasteiger partial charge in [0.2, 0.25) is 0 Å². The number of dihydropyridines is 1. The van der Waals surface area contributed by atoms with Gasteiger partial charge in [0.05, 0.1) is 0 Å². The second-order valence-electron chi connectivity index (χ2n) is 3.26. The normalized spacial score (nSPS) is 14.5. The van der Waals surface area contributed by atoms with Crippen LogP contribution < -0.4 is 10.1 Å². The van der Waals surface area contributed by atoms with Crippen molar-refractivity contribution in [1.82, 2.24) is 5.32 Å². The fourth-order valence-electron chi connectivity index (χ4n) is 1.25. The van der Waals surface area contributed by atoms with Crippen LogP contribution in [-0.2, 0) is 0 Å². The molecule has 2 heteroatoms. The first-order valence-corrected chi connectivity index (χ1v) is 4.69. The van der Waals surface area contributed by atoms with Crippen LogP contribution in [0.1, 0.15) is 5.56 Å². The van der Waals surface area contributed by atoms with Gasteiger partial charge >= 0.3 is 0 Å². The monoisotopic (exact) mass is 187 g/mol. The van der Waals surface area contributed by atoms with Gasteiger partial charge in [0.1, 0.15) is 11.5 Å². The minimum atomic E-state index is 0.831. The molecule has 1 aliphatic rings. The van der Waals surface area contributed by atoms with Crippen LogP contribution in [0.2, 0.25) is 0 Å². The van der Waals surface area contributed by atoms with Gasteiger partial charge < -0.3 is 10.1 Å². The molecule has 0 aliphatic carbocycles. The van der Waals surface area contributed by atoms with E-state index in [9.17, 15) is 0 Å². The average Bonchev–Trinajstić information content (AvgIpc) is 2.23. The second-order valence-corrected chi connectivity index (χ2v) is 3.26. The van der Waals surface area contributed by atoms with Crippen LogP contribution in [0.25, 0.3) is 0 Å². The summed E-state index contributed by atoms with van der Waals surface area (Å²) in [6, 6.07) is 8.04. The molecular formula is C12H13NO. The minimum Gasteiger partial charge on any atom is -0.458 e. The SMILES string of the molecule is Cc1ccc(OC2=CCNC=C2)cc1. The molecule has 0 radical (unpaired) electrons. The van der Waals surface area contributed by atoms with Crippen LogP contribution in [0.3, 0.4) is 0 Å². The highest BCUT2D eigenvalue weighted by Crippen LogP contribution is 2.15. The molecule has 0 bridgehead atoms. The van der Waals surface area contributed by atoms with Crippen molar-refractivity contribution in [1.29, 1.82) is 0 Å². The smallest absolute Gasteiger partial charge is 0.127 e. The van der Waals surface area contributed by atoms with E-state index in [1.807, 2.05) is 42.6 Å². The van der Waals surface area contributed by atoms with Crippen LogP contribution in [0.4, 0.5) is 0 Å². The van der Waals surface area contributed by atoms with E-state index in [-0.39, 0.29) is 0 Å². The van der Waals surface area contributed by atoms with E-state index in [0.717, 1.165) is 18.1 Å². The Labute approximate surface area is 83.9 Å². The first-order valence-electron chi connectivity index (χ1n) is 4.69. The van der Waals surface area contributed by atoms with Crippen molar-refractivity contribution in [2.24, 2.45) is 0 Å². The minimum absolute atomic E-state index is 0.831. The number of aryl methyl sites for hydroxylation is 1. The molecule has 0 unspecified atom stereocenters. The molecule has 0 spiro atoms. The molecule has 0 aromatic heterocycles. The molecule has 0 amide bonds. The number of rotatable bonds is 2. The molecule has 1 aliphatic heterocycles. The van der Waals surface area contributed by atoms with Crippen molar-refractivity contribution in [2.45, 2.75) is 6.92 Å². The Morgan fingerprint density at radius 3 is 2.64 bits per heavy atom. The van der Waals surface area contributed by atoms with Crippen molar-refractivity contribution in [3.63, 3.8) is 0 Å². The fraction of sp³-hybridized carbons (Fsp3) is 0.167. The van der Waals surface area contributed by atoms with Crippen molar-refractivity contribution < 1.29 is 4.74 Å². The van der Waals surface area contributed by atoms with Crippen LogP contribution in [0.5, 0.6) is 5.75 Å². The number of hydrogen-bond donors (Lipinski definition) is 1. The summed E-state index contributed by atoms with van der Waals surface area (Å²) in [6.07, 6.45) is 5.83. The van der Waals surface area contributed by atoms with Gasteiger partial charge in [-0.2, -0.15) is 0 Å². The van der Waals surface area contributed by atoms with Crippen LogP contribution >= 0.6 is 0 Å². The predicted octanol–water partition coefficient (Wildman–Crippen LogP) is 2.37. The lowest BCUT2D eigenvalue weighted by Gasteiger charge is -2.10. The number of benzene rings is 1. The lowest BCUT2D eigenvalue weighted by molar-refractivity contribution is 0.439. The molecule has 2 rings (SSSR count). The van der Waals surface area contributed by atoms with E-state index in [2.05, 4.69) is 12.2 Å². The Bertz CT molecular complexity index is 362. The Kier molecular flexibility index (Phi) is 2.54. The molecule has 1 heterocycles. The van der Waals surface area contributed by atoms with Gasteiger partial charge in [-0.1, -0.05) is 17.7 Å². The largest absolute Gasteiger partial charge is 0.458 e. The highest BCUT2D eigenvalue weighted by atomic mass is 16.5. The lowest BCUT2D eigenvalue weighted by Crippen LogP contribution is -2.10. The van der Waals surface area contributed by atoms with E-state index in [1.165, 1.54) is 5.56 Å². The topological polar surface area (TPSA) is 21.3 Å². The number of allylic oxidation sites excluding steroid dienone is 1. The number of hydrogen-bond acceptors (Lipinski definition) is 2. The maximum Gasteiger partial charge on any atom is 0.127 e. The lowest BCUT2D eigenvalue weighted by atomic mass is 10.2. The van der Waals surface area contributed by atoms with Crippen molar-refractivity contribution in [3.8, 4) is 5.75 Å². The molecule has 14 heavy (non-hydrogen) atoms. The molecule has 72 valence electrons. The van der Waals surface area contributed by atoms with Crippen molar-refractivity contribution >= 4 is 0 Å². The molecule has 1 aromatic rings. The van der Waals surface area contributed by atoms with Gasteiger partial charge in [0, 0.05) is 12.7 Å². The Hall–Kier alpha value is -1.70. The summed E-state index contributed by atoms with van der Waals surface area (Å²) in [5, 5.41) is 3.07. The molecule has 0 saturated carbocycles. The summed E-state index contributed by atoms with van der Waals surface area (Å²) in [7, 11) is 0. The summed E-state index contributed by atoms with van der Waals surface area (Å²) in [6.45, 7) is 2.89. The summed E-state index contributed by atoms with van der Waals surface area (Å²) in [5.74, 6) is 1.78. The summed E-state index contributed by atoms with van der Waals surface area (Å²) in [5.41, 5.74) is 1.24. The van der Waals surface area contributed by atoms with Crippen LogP contribution in [0, 0.1) is 6.92 Å². The third-order valence-corrected chi connectivity index (χ3v) is 2.04. The Balaban J connectivity index is 2.07. The van der Waals surface area contributed by atoms with Gasteiger partial charge in [-0.15, -0.1) is 0 Å². The molecule has 1 aromatic carbocycles. The average molecular weight is 187 g/mol. The Morgan fingerprint density at radius 1 is 1.21 bits per heavy atom. The fourth-order valence-corrected chi connectivity index (χ4v) is 1.25. The molecular weight excluding hydrogens is 174 g/mol. The zero-order valence-corrected chi connectivity index (χ0v) is 8.16. The maximum absolute atomic E-state index is 5.64. The third-order valence-electron chi connectivity index (χ3n) is 2.04. The van der Waals surface area contributed by atoms with Crippen LogP contribution in [-0.4, -0.2) is 6.54 Å². The van der Waals surface area contributed by atoms with Gasteiger partial charge in [0.15, 0.2) is 0 Å². The van der Waals surface area contributed by atoms with Gasteiger partial charge in [-0.05, 0) is 31.2 Å². The first kappa shape index (κ1) is 8.88. The van der Waals surface area contributed by atoms with Crippen molar-refractivity contribution in [2.75, 3.05) is 6.54 Å². The van der Waals surface area contributed by atoms with Crippen molar-refractivity contribution in [3.05, 3.63) is 53.9 Å². The van der Waals surface area contributed by atoms with E-state index in [4.69, 9.17) is 4.74 Å². The molecule has 0 atom stereocenters. The van der Waals surface area contributed by atoms with E-state index in [0.29, 0.717) is 0 Å². The third kappa shape index (κ3) is 2.16. The highest BCUT2D eigenvalue weighted by molar-refractivity contribution is 5.30. The molecule has 0 fully saturated rings. The standard InChI is InChI=1S/C12H13NO/c1-10-2-4-11(5-3-10)14-12-6-8-13-9-7-12/h2-8,13H,9H2,1H3. The summed E-state index contributed by atoms with van der Waals surface area (Å²) in [4.78, 5) is 0. The zero-order valence-electron chi connectivity index (χ0n) is 8.16. The zero-order chi connectivity index (χ0) is 9.80. The summed E-state index contributed by atoms with van der Waals surface area (Å²) >= 11 is 0. The highest BCUT2D eigenvalue weighted by Gasteiger charge is 1.99. The van der Waals surface area contributed by atoms with Gasteiger partial charge in [-0.3, -0.25) is 0 Å². The molecule has 1 N–H and O–H groups in total. The van der Waals surface area contributed by atoms with E-state index >= 15 is 0 Å². The molecule has 0 saturated heterocycles. The number of nitrogens with one attached hydrogen (secondary N) is 1. The predicted molar refractivity (Wildman–Crippen MR) is 57.0 cm³/mol. The first-order chi connectivity index (χ1) is 6.84. The Morgan fingerprint density at radius 2 is 2.00 bits per heavy atom. The van der Waals surface area contributed by atoms with E-state index in [1.54, 1.807) is 0 Å². The van der Waals surface area contributed by atoms with Crippen LogP contribution in [0.15, 0.2) is 48.4 Å². The van der Waals surface area contributed by atoms with E-state index < -0.39 is 0 Å². The number of ether oxygens (including phenoxy) is 1. The van der Waals surface area contributed by atoms with Gasteiger partial charge in [0.25, 0.3) is 0 Å². The maximum atomic E-state index is 5.64. The van der Waals surface area contributed by atoms with Gasteiger partial charge in [-0.25, -0.2) is 0 Å². The molecule has 2 nitrogen and oxygen atoms in total. The quantitative estimate of drug-likeness (QED) is 0.767.